The van der Waals surface area contributed by atoms with Crippen molar-refractivity contribution in [3.8, 4) is 0 Å². The second-order valence-electron chi connectivity index (χ2n) is 7.51. The third-order valence-corrected chi connectivity index (χ3v) is 5.21. The van der Waals surface area contributed by atoms with Gasteiger partial charge in [-0.15, -0.1) is 0 Å². The van der Waals surface area contributed by atoms with E-state index in [1.54, 1.807) is 13.8 Å². The van der Waals surface area contributed by atoms with E-state index >= 15 is 0 Å². The number of aryl methyl sites for hydroxylation is 2. The number of alkyl halides is 3. The van der Waals surface area contributed by atoms with Crippen molar-refractivity contribution in [2.24, 2.45) is 0 Å². The van der Waals surface area contributed by atoms with Crippen LogP contribution in [0.25, 0.3) is 0 Å². The van der Waals surface area contributed by atoms with Gasteiger partial charge in [0.05, 0.1) is 24.3 Å². The fourth-order valence-electron chi connectivity index (χ4n) is 3.85. The molecule has 2 amide bonds. The van der Waals surface area contributed by atoms with Crippen LogP contribution in [0.1, 0.15) is 34.0 Å². The number of carbonyl (C=O) groups is 2. The lowest BCUT2D eigenvalue weighted by Crippen LogP contribution is -2.41. The van der Waals surface area contributed by atoms with E-state index in [1.165, 1.54) is 15.6 Å². The third-order valence-electron chi connectivity index (χ3n) is 5.21. The summed E-state index contributed by atoms with van der Waals surface area (Å²) >= 11 is 0. The minimum Gasteiger partial charge on any atom is -0.374 e. The van der Waals surface area contributed by atoms with Gasteiger partial charge in [0.2, 0.25) is 5.91 Å². The maximum atomic E-state index is 13.4. The van der Waals surface area contributed by atoms with Crippen molar-refractivity contribution in [1.82, 2.24) is 19.7 Å². The summed E-state index contributed by atoms with van der Waals surface area (Å²) in [6.07, 6.45) is -4.05. The number of halogens is 3. The van der Waals surface area contributed by atoms with Gasteiger partial charge in [0.25, 0.3) is 5.91 Å². The molecule has 30 heavy (non-hydrogen) atoms. The number of carbonyl (C=O) groups excluding carboxylic acids is 2. The molecule has 2 atom stereocenters. The highest BCUT2D eigenvalue weighted by atomic mass is 19.4. The minimum absolute atomic E-state index is 0.0710. The van der Waals surface area contributed by atoms with Gasteiger partial charge in [0, 0.05) is 17.8 Å². The number of anilines is 1. The predicted molar refractivity (Wildman–Crippen MR) is 98.8 cm³/mol. The monoisotopic (exact) mass is 423 g/mol. The van der Waals surface area contributed by atoms with Crippen LogP contribution in [-0.2, 0) is 22.3 Å². The van der Waals surface area contributed by atoms with Crippen LogP contribution in [0.5, 0.6) is 0 Å². The topological polar surface area (TPSA) is 89.4 Å². The fourth-order valence-corrected chi connectivity index (χ4v) is 3.85. The van der Waals surface area contributed by atoms with E-state index in [9.17, 15) is 22.8 Å². The second-order valence-corrected chi connectivity index (χ2v) is 7.51. The molecule has 2 bridgehead atoms. The maximum absolute atomic E-state index is 13.4. The van der Waals surface area contributed by atoms with Crippen molar-refractivity contribution in [2.45, 2.75) is 45.1 Å². The quantitative estimate of drug-likeness (QED) is 0.814. The van der Waals surface area contributed by atoms with Gasteiger partial charge in [0.1, 0.15) is 18.2 Å². The molecule has 2 fully saturated rings. The Morgan fingerprint density at radius 1 is 1.27 bits per heavy atom. The summed E-state index contributed by atoms with van der Waals surface area (Å²) in [4.78, 5) is 30.8. The van der Waals surface area contributed by atoms with E-state index in [2.05, 4.69) is 15.4 Å². The van der Waals surface area contributed by atoms with Crippen LogP contribution in [0.3, 0.4) is 0 Å². The molecule has 8 nitrogen and oxygen atoms in total. The van der Waals surface area contributed by atoms with Crippen LogP contribution < -0.4 is 5.32 Å². The van der Waals surface area contributed by atoms with Crippen LogP contribution in [0, 0.1) is 13.8 Å². The maximum Gasteiger partial charge on any atom is 0.416 e. The first-order valence-electron chi connectivity index (χ1n) is 9.43. The Kier molecular flexibility index (Phi) is 5.00. The molecule has 0 aliphatic carbocycles. The molecule has 2 aliphatic heterocycles. The number of rotatable bonds is 4. The average molecular weight is 423 g/mol. The van der Waals surface area contributed by atoms with Gasteiger partial charge >= 0.3 is 6.18 Å². The van der Waals surface area contributed by atoms with E-state index in [0.717, 1.165) is 12.1 Å². The Balaban J connectivity index is 1.57. The van der Waals surface area contributed by atoms with Crippen molar-refractivity contribution >= 4 is 17.5 Å². The van der Waals surface area contributed by atoms with Gasteiger partial charge < -0.3 is 15.0 Å². The Morgan fingerprint density at radius 2 is 2.03 bits per heavy atom. The number of nitrogens with zero attached hydrogens (tertiary/aromatic N) is 4. The molecule has 1 aromatic heterocycles. The zero-order chi connectivity index (χ0) is 21.6. The molecule has 0 radical (unpaired) electrons. The molecule has 0 saturated carbocycles. The summed E-state index contributed by atoms with van der Waals surface area (Å²) in [7, 11) is 0. The summed E-state index contributed by atoms with van der Waals surface area (Å²) in [5, 5.41) is 6.50. The summed E-state index contributed by atoms with van der Waals surface area (Å²) in [6.45, 7) is 3.87. The Labute approximate surface area is 170 Å². The lowest BCUT2D eigenvalue weighted by Gasteiger charge is -2.27. The standard InChI is InChI=1S/C19H20F3N5O3/c1-10-23-11(2)27(25-10)8-17(28)24-14-4-12(3-13(5-14)19(20,21)22)18(29)26-7-16-6-15(26)9-30-16/h3-5,15-16H,6-9H2,1-2H3,(H,24,28)/t15-,16-/m1/s1. The summed E-state index contributed by atoms with van der Waals surface area (Å²) in [5.74, 6) is -0.0884. The number of amides is 2. The molecule has 1 N–H and O–H groups in total. The van der Waals surface area contributed by atoms with Gasteiger partial charge in [-0.25, -0.2) is 9.67 Å². The number of hydrogen-bond donors (Lipinski definition) is 1. The van der Waals surface area contributed by atoms with Gasteiger partial charge in [-0.3, -0.25) is 9.59 Å². The average Bonchev–Trinajstić information content (AvgIpc) is 3.36. The van der Waals surface area contributed by atoms with Crippen molar-refractivity contribution in [3.05, 3.63) is 41.0 Å². The number of benzene rings is 1. The van der Waals surface area contributed by atoms with Crippen molar-refractivity contribution < 1.29 is 27.5 Å². The van der Waals surface area contributed by atoms with E-state index in [-0.39, 0.29) is 29.9 Å². The molecule has 2 saturated heterocycles. The summed E-state index contributed by atoms with van der Waals surface area (Å²) in [5.41, 5.74) is -1.23. The first-order chi connectivity index (χ1) is 14.1. The van der Waals surface area contributed by atoms with Crippen molar-refractivity contribution in [3.63, 3.8) is 0 Å². The highest BCUT2D eigenvalue weighted by molar-refractivity contribution is 5.98. The molecule has 0 spiro atoms. The molecule has 3 heterocycles. The number of nitrogens with one attached hydrogen (secondary N) is 1. The lowest BCUT2D eigenvalue weighted by atomic mass is 10.1. The number of ether oxygens (including phenoxy) is 1. The Hall–Kier alpha value is -2.95. The van der Waals surface area contributed by atoms with Crippen LogP contribution in [0.4, 0.5) is 18.9 Å². The second kappa shape index (κ2) is 7.38. The Bertz CT molecular complexity index is 1000. The molecule has 11 heteroatoms. The number of aromatic nitrogens is 3. The summed E-state index contributed by atoms with van der Waals surface area (Å²) in [6, 6.07) is 2.76. The van der Waals surface area contributed by atoms with Crippen molar-refractivity contribution in [2.75, 3.05) is 18.5 Å². The Morgan fingerprint density at radius 3 is 2.60 bits per heavy atom. The van der Waals surface area contributed by atoms with Gasteiger partial charge in [-0.05, 0) is 38.5 Å². The first-order valence-corrected chi connectivity index (χ1v) is 9.43. The SMILES string of the molecule is Cc1nc(C)n(CC(=O)Nc2cc(C(=O)N3C[C@H]4C[C@@H]3CO4)cc(C(F)(F)F)c2)n1. The van der Waals surface area contributed by atoms with Gasteiger partial charge in [-0.1, -0.05) is 0 Å². The normalized spacial score (nSPS) is 20.6. The van der Waals surface area contributed by atoms with Gasteiger partial charge in [-0.2, -0.15) is 18.3 Å². The van der Waals surface area contributed by atoms with E-state index in [1.807, 2.05) is 0 Å². The zero-order valence-corrected chi connectivity index (χ0v) is 16.4. The molecular formula is C19H20F3N5O3. The van der Waals surface area contributed by atoms with Crippen LogP contribution in [0.15, 0.2) is 18.2 Å². The van der Waals surface area contributed by atoms with Crippen LogP contribution in [-0.4, -0.2) is 56.8 Å². The van der Waals surface area contributed by atoms with E-state index < -0.39 is 23.6 Å². The molecule has 2 aliphatic rings. The highest BCUT2D eigenvalue weighted by Gasteiger charge is 2.42. The van der Waals surface area contributed by atoms with E-state index in [0.29, 0.717) is 31.2 Å². The van der Waals surface area contributed by atoms with Crippen LogP contribution >= 0.6 is 0 Å². The largest absolute Gasteiger partial charge is 0.416 e. The van der Waals surface area contributed by atoms with Crippen molar-refractivity contribution in [1.29, 1.82) is 0 Å². The minimum atomic E-state index is -4.66. The first kappa shape index (κ1) is 20.3. The molecule has 4 rings (SSSR count). The zero-order valence-electron chi connectivity index (χ0n) is 16.4. The summed E-state index contributed by atoms with van der Waals surface area (Å²) < 4.78 is 47.0. The third kappa shape index (κ3) is 4.02. The molecule has 1 aromatic carbocycles. The molecule has 160 valence electrons. The fraction of sp³-hybridized carbons (Fsp3) is 0.474. The molecule has 2 aromatic rings. The smallest absolute Gasteiger partial charge is 0.374 e. The molecule has 0 unspecified atom stereocenters. The highest BCUT2D eigenvalue weighted by Crippen LogP contribution is 2.34. The van der Waals surface area contributed by atoms with E-state index in [4.69, 9.17) is 4.74 Å². The molecular weight excluding hydrogens is 403 g/mol. The predicted octanol–water partition coefficient (Wildman–Crippen LogP) is 2.17. The lowest BCUT2D eigenvalue weighted by molar-refractivity contribution is -0.137. The number of morpholine rings is 1. The van der Waals surface area contributed by atoms with Crippen LogP contribution in [0.2, 0.25) is 0 Å². The number of fused-ring (bicyclic) bond motifs is 2. The number of hydrogen-bond acceptors (Lipinski definition) is 5. The number of likely N-dealkylation sites (tertiary alicyclic amines) is 1. The van der Waals surface area contributed by atoms with Gasteiger partial charge in [0.15, 0.2) is 0 Å².